The summed E-state index contributed by atoms with van der Waals surface area (Å²) in [4.78, 5) is 0. The first-order chi connectivity index (χ1) is 9.91. The molecular formula is C17H18F3N. The minimum absolute atomic E-state index is 0.618. The molecule has 2 rings (SSSR count). The molecule has 0 fully saturated rings. The third kappa shape index (κ3) is 3.85. The molecule has 0 spiro atoms. The zero-order chi connectivity index (χ0) is 15.5. The molecule has 21 heavy (non-hydrogen) atoms. The van der Waals surface area contributed by atoms with Gasteiger partial charge in [-0.2, -0.15) is 13.2 Å². The van der Waals surface area contributed by atoms with Crippen molar-refractivity contribution in [1.82, 2.24) is 5.32 Å². The average molecular weight is 293 g/mol. The summed E-state index contributed by atoms with van der Waals surface area (Å²) >= 11 is 0. The van der Waals surface area contributed by atoms with E-state index >= 15 is 0 Å². The van der Waals surface area contributed by atoms with Gasteiger partial charge in [-0.1, -0.05) is 42.8 Å². The average Bonchev–Trinajstić information content (AvgIpc) is 2.45. The number of aryl methyl sites for hydroxylation is 1. The molecule has 0 atom stereocenters. The molecule has 4 heteroatoms. The zero-order valence-electron chi connectivity index (χ0n) is 12.1. The van der Waals surface area contributed by atoms with E-state index < -0.39 is 11.7 Å². The fraction of sp³-hybridized carbons (Fsp3) is 0.294. The van der Waals surface area contributed by atoms with Gasteiger partial charge in [0, 0.05) is 6.54 Å². The number of hydrogen-bond acceptors (Lipinski definition) is 1. The van der Waals surface area contributed by atoms with Gasteiger partial charge in [0.2, 0.25) is 0 Å². The number of alkyl halides is 3. The molecule has 0 aromatic heterocycles. The monoisotopic (exact) mass is 293 g/mol. The highest BCUT2D eigenvalue weighted by atomic mass is 19.4. The molecular weight excluding hydrogens is 275 g/mol. The van der Waals surface area contributed by atoms with E-state index in [1.807, 2.05) is 32.0 Å². The number of halogens is 3. The third-order valence-corrected chi connectivity index (χ3v) is 3.35. The van der Waals surface area contributed by atoms with E-state index in [4.69, 9.17) is 0 Å². The Morgan fingerprint density at radius 3 is 2.24 bits per heavy atom. The lowest BCUT2D eigenvalue weighted by molar-refractivity contribution is -0.137. The summed E-state index contributed by atoms with van der Waals surface area (Å²) in [5, 5.41) is 3.25. The highest BCUT2D eigenvalue weighted by Gasteiger charge is 2.30. The van der Waals surface area contributed by atoms with Crippen LogP contribution in [0.2, 0.25) is 0 Å². The molecule has 112 valence electrons. The molecule has 0 radical (unpaired) electrons. The van der Waals surface area contributed by atoms with Crippen molar-refractivity contribution in [1.29, 1.82) is 0 Å². The minimum Gasteiger partial charge on any atom is -0.313 e. The maximum Gasteiger partial charge on any atom is 0.416 e. The van der Waals surface area contributed by atoms with Crippen LogP contribution in [0.3, 0.4) is 0 Å². The Hall–Kier alpha value is -1.81. The van der Waals surface area contributed by atoms with Crippen LogP contribution < -0.4 is 5.32 Å². The molecule has 1 nitrogen and oxygen atoms in total. The van der Waals surface area contributed by atoms with Gasteiger partial charge in [0.05, 0.1) is 5.56 Å². The normalized spacial score (nSPS) is 11.7. The van der Waals surface area contributed by atoms with Crippen molar-refractivity contribution in [3.8, 4) is 11.1 Å². The van der Waals surface area contributed by atoms with Gasteiger partial charge in [0.15, 0.2) is 0 Å². The van der Waals surface area contributed by atoms with Crippen molar-refractivity contribution >= 4 is 0 Å². The Bertz CT molecular complexity index is 600. The summed E-state index contributed by atoms with van der Waals surface area (Å²) in [6, 6.07) is 11.4. The third-order valence-electron chi connectivity index (χ3n) is 3.35. The van der Waals surface area contributed by atoms with E-state index in [2.05, 4.69) is 5.32 Å². The van der Waals surface area contributed by atoms with Gasteiger partial charge in [-0.05, 0) is 42.3 Å². The van der Waals surface area contributed by atoms with Crippen LogP contribution in [0, 0.1) is 6.92 Å². The fourth-order valence-electron chi connectivity index (χ4n) is 2.21. The van der Waals surface area contributed by atoms with Crippen molar-refractivity contribution in [2.24, 2.45) is 0 Å². The predicted molar refractivity (Wildman–Crippen MR) is 79.0 cm³/mol. The van der Waals surface area contributed by atoms with E-state index in [1.165, 1.54) is 12.1 Å². The van der Waals surface area contributed by atoms with Crippen LogP contribution in [0.15, 0.2) is 42.5 Å². The van der Waals surface area contributed by atoms with Crippen molar-refractivity contribution in [2.75, 3.05) is 6.54 Å². The van der Waals surface area contributed by atoms with E-state index in [9.17, 15) is 13.2 Å². The Kier molecular flexibility index (Phi) is 4.68. The van der Waals surface area contributed by atoms with Crippen LogP contribution in [0.25, 0.3) is 11.1 Å². The molecule has 1 N–H and O–H groups in total. The lowest BCUT2D eigenvalue weighted by atomic mass is 9.96. The van der Waals surface area contributed by atoms with Crippen molar-refractivity contribution in [3.05, 3.63) is 59.2 Å². The quantitative estimate of drug-likeness (QED) is 0.854. The highest BCUT2D eigenvalue weighted by molar-refractivity contribution is 5.68. The van der Waals surface area contributed by atoms with Crippen LogP contribution in [0.4, 0.5) is 13.2 Å². The summed E-state index contributed by atoms with van der Waals surface area (Å²) in [7, 11) is 0. The summed E-state index contributed by atoms with van der Waals surface area (Å²) in [6.07, 6.45) is -4.29. The van der Waals surface area contributed by atoms with Crippen LogP contribution in [0.1, 0.15) is 23.6 Å². The lowest BCUT2D eigenvalue weighted by Gasteiger charge is -2.13. The van der Waals surface area contributed by atoms with E-state index in [1.54, 1.807) is 0 Å². The van der Waals surface area contributed by atoms with Gasteiger partial charge in [-0.25, -0.2) is 0 Å². The molecule has 0 aliphatic carbocycles. The van der Waals surface area contributed by atoms with Crippen LogP contribution >= 0.6 is 0 Å². The second-order valence-electron chi connectivity index (χ2n) is 5.02. The summed E-state index contributed by atoms with van der Waals surface area (Å²) in [5.74, 6) is 0. The Balaban J connectivity index is 2.38. The maximum absolute atomic E-state index is 12.6. The van der Waals surface area contributed by atoms with E-state index in [-0.39, 0.29) is 0 Å². The summed E-state index contributed by atoms with van der Waals surface area (Å²) < 4.78 is 37.9. The molecule has 0 aliphatic rings. The fourth-order valence-corrected chi connectivity index (χ4v) is 2.21. The van der Waals surface area contributed by atoms with E-state index in [0.717, 1.165) is 40.9 Å². The van der Waals surface area contributed by atoms with E-state index in [0.29, 0.717) is 6.54 Å². The Labute approximate surface area is 122 Å². The molecule has 0 aliphatic heterocycles. The van der Waals surface area contributed by atoms with Crippen LogP contribution in [-0.4, -0.2) is 6.54 Å². The lowest BCUT2D eigenvalue weighted by Crippen LogP contribution is -2.12. The molecule has 0 bridgehead atoms. The first kappa shape index (κ1) is 15.6. The van der Waals surface area contributed by atoms with Gasteiger partial charge in [-0.3, -0.25) is 0 Å². The molecule has 2 aromatic carbocycles. The predicted octanol–water partition coefficient (Wildman–Crippen LogP) is 4.79. The molecule has 0 saturated carbocycles. The topological polar surface area (TPSA) is 12.0 Å². The van der Waals surface area contributed by atoms with Crippen molar-refractivity contribution < 1.29 is 13.2 Å². The van der Waals surface area contributed by atoms with Crippen molar-refractivity contribution in [3.63, 3.8) is 0 Å². The van der Waals surface area contributed by atoms with Gasteiger partial charge in [-0.15, -0.1) is 0 Å². The Morgan fingerprint density at radius 1 is 1.00 bits per heavy atom. The molecule has 0 unspecified atom stereocenters. The number of benzene rings is 2. The molecule has 0 heterocycles. The maximum atomic E-state index is 12.6. The minimum atomic E-state index is -4.29. The largest absolute Gasteiger partial charge is 0.416 e. The van der Waals surface area contributed by atoms with Gasteiger partial charge < -0.3 is 5.32 Å². The van der Waals surface area contributed by atoms with Gasteiger partial charge in [0.1, 0.15) is 0 Å². The second-order valence-corrected chi connectivity index (χ2v) is 5.02. The van der Waals surface area contributed by atoms with Crippen LogP contribution in [-0.2, 0) is 12.7 Å². The van der Waals surface area contributed by atoms with Crippen LogP contribution in [0.5, 0.6) is 0 Å². The molecule has 0 amide bonds. The number of nitrogens with one attached hydrogen (secondary N) is 1. The summed E-state index contributed by atoms with van der Waals surface area (Å²) in [6.45, 7) is 5.55. The Morgan fingerprint density at radius 2 is 1.67 bits per heavy atom. The highest BCUT2D eigenvalue weighted by Crippen LogP contribution is 2.32. The zero-order valence-corrected chi connectivity index (χ0v) is 12.1. The summed E-state index contributed by atoms with van der Waals surface area (Å²) in [5.41, 5.74) is 3.34. The molecule has 0 saturated heterocycles. The number of rotatable bonds is 4. The SMILES string of the molecule is CCNCc1ccc(C)cc1-c1ccc(C(F)(F)F)cc1. The standard InChI is InChI=1S/C17H18F3N/c1-3-21-11-14-5-4-12(2)10-16(14)13-6-8-15(9-7-13)17(18,19)20/h4-10,21H,3,11H2,1-2H3. The molecule has 2 aromatic rings. The smallest absolute Gasteiger partial charge is 0.313 e. The van der Waals surface area contributed by atoms with Crippen molar-refractivity contribution in [2.45, 2.75) is 26.6 Å². The van der Waals surface area contributed by atoms with Gasteiger partial charge >= 0.3 is 6.18 Å². The first-order valence-corrected chi connectivity index (χ1v) is 6.89. The second kappa shape index (κ2) is 6.31. The number of hydrogen-bond donors (Lipinski definition) is 1. The first-order valence-electron chi connectivity index (χ1n) is 6.89. The van der Waals surface area contributed by atoms with Gasteiger partial charge in [0.25, 0.3) is 0 Å².